The van der Waals surface area contributed by atoms with Crippen molar-refractivity contribution >= 4 is 22.4 Å². The van der Waals surface area contributed by atoms with Crippen LogP contribution in [0.2, 0.25) is 0 Å². The number of alkyl halides is 3. The highest BCUT2D eigenvalue weighted by atomic mass is 19.4. The molecule has 4 nitrogen and oxygen atoms in total. The number of nitrogens with zero attached hydrogens (tertiary/aromatic N) is 1. The predicted octanol–water partition coefficient (Wildman–Crippen LogP) is 4.59. The number of amides is 1. The summed E-state index contributed by atoms with van der Waals surface area (Å²) in [4.78, 5) is 15.7. The number of hydrogen-bond donors (Lipinski definition) is 2. The van der Waals surface area contributed by atoms with Gasteiger partial charge in [0.1, 0.15) is 0 Å². The third-order valence-electron chi connectivity index (χ3n) is 5.22. The number of allylic oxidation sites excluding steroid dienone is 2. The second-order valence-electron chi connectivity index (χ2n) is 7.70. The minimum atomic E-state index is -4.13. The van der Waals surface area contributed by atoms with E-state index in [9.17, 15) is 18.0 Å². The van der Waals surface area contributed by atoms with Gasteiger partial charge in [-0.25, -0.2) is 0 Å². The Morgan fingerprint density at radius 3 is 2.79 bits per heavy atom. The van der Waals surface area contributed by atoms with E-state index < -0.39 is 12.1 Å². The van der Waals surface area contributed by atoms with Crippen molar-refractivity contribution < 1.29 is 18.0 Å². The Morgan fingerprint density at radius 1 is 1.34 bits per heavy atom. The lowest BCUT2D eigenvalue weighted by Gasteiger charge is -2.24. The van der Waals surface area contributed by atoms with Crippen molar-refractivity contribution in [1.29, 1.82) is 0 Å². The van der Waals surface area contributed by atoms with Crippen LogP contribution in [0.1, 0.15) is 44.2 Å². The van der Waals surface area contributed by atoms with Crippen LogP contribution in [-0.2, 0) is 11.3 Å². The van der Waals surface area contributed by atoms with Crippen molar-refractivity contribution in [3.05, 3.63) is 47.7 Å². The normalized spacial score (nSPS) is 18.4. The first-order valence-electron chi connectivity index (χ1n) is 9.85. The summed E-state index contributed by atoms with van der Waals surface area (Å²) in [5, 5.41) is 7.09. The van der Waals surface area contributed by atoms with Gasteiger partial charge in [-0.05, 0) is 43.4 Å². The number of carbonyl (C=O) groups is 1. The number of rotatable bonds is 6. The molecule has 7 heteroatoms. The molecule has 1 aromatic carbocycles. The Balaban J connectivity index is 1.71. The molecule has 1 aliphatic rings. The van der Waals surface area contributed by atoms with Gasteiger partial charge < -0.3 is 10.6 Å². The summed E-state index contributed by atoms with van der Waals surface area (Å²) in [5.41, 5.74) is 3.69. The number of pyridine rings is 1. The monoisotopic (exact) mass is 405 g/mol. The van der Waals surface area contributed by atoms with E-state index in [1.165, 1.54) is 6.92 Å². The molecular formula is C22H26F3N3O. The number of aromatic nitrogens is 1. The Bertz CT molecular complexity index is 908. The maximum absolute atomic E-state index is 12.9. The van der Waals surface area contributed by atoms with Crippen molar-refractivity contribution in [2.24, 2.45) is 5.92 Å². The molecule has 2 atom stereocenters. The molecule has 1 unspecified atom stereocenters. The number of para-hydroxylation sites is 1. The molecule has 1 aliphatic carbocycles. The van der Waals surface area contributed by atoms with Gasteiger partial charge in [-0.3, -0.25) is 9.78 Å². The SMILES string of the molecule is CC(=O)N[C@H](C)CNCc1cnc2c(C3=CCC(C(F)(F)F)CC3)cccc2c1. The van der Waals surface area contributed by atoms with Gasteiger partial charge >= 0.3 is 6.18 Å². The lowest BCUT2D eigenvalue weighted by Crippen LogP contribution is -2.38. The van der Waals surface area contributed by atoms with E-state index in [0.717, 1.165) is 27.6 Å². The van der Waals surface area contributed by atoms with E-state index in [4.69, 9.17) is 0 Å². The fraction of sp³-hybridized carbons (Fsp3) is 0.455. The maximum atomic E-state index is 12.9. The lowest BCUT2D eigenvalue weighted by atomic mass is 9.85. The molecule has 3 rings (SSSR count). The van der Waals surface area contributed by atoms with Gasteiger partial charge in [-0.1, -0.05) is 24.3 Å². The summed E-state index contributed by atoms with van der Waals surface area (Å²) in [5.74, 6) is -1.30. The second kappa shape index (κ2) is 8.95. The molecule has 156 valence electrons. The average molecular weight is 405 g/mol. The molecule has 2 aromatic rings. The number of carbonyl (C=O) groups excluding carboxylic acids is 1. The number of nitrogens with one attached hydrogen (secondary N) is 2. The Morgan fingerprint density at radius 2 is 2.14 bits per heavy atom. The fourth-order valence-corrected chi connectivity index (χ4v) is 3.77. The average Bonchev–Trinajstić information content (AvgIpc) is 2.66. The first-order valence-corrected chi connectivity index (χ1v) is 9.85. The zero-order chi connectivity index (χ0) is 21.0. The van der Waals surface area contributed by atoms with Crippen molar-refractivity contribution in [2.75, 3.05) is 6.54 Å². The van der Waals surface area contributed by atoms with Crippen molar-refractivity contribution in [3.63, 3.8) is 0 Å². The van der Waals surface area contributed by atoms with Gasteiger partial charge in [0.05, 0.1) is 11.4 Å². The van der Waals surface area contributed by atoms with Gasteiger partial charge in [-0.15, -0.1) is 0 Å². The zero-order valence-electron chi connectivity index (χ0n) is 16.6. The lowest BCUT2D eigenvalue weighted by molar-refractivity contribution is -0.175. The van der Waals surface area contributed by atoms with Crippen molar-refractivity contribution in [1.82, 2.24) is 15.6 Å². The highest BCUT2D eigenvalue weighted by Crippen LogP contribution is 2.40. The van der Waals surface area contributed by atoms with Gasteiger partial charge in [-0.2, -0.15) is 13.2 Å². The Kier molecular flexibility index (Phi) is 6.57. The molecule has 0 aliphatic heterocycles. The third kappa shape index (κ3) is 5.56. The molecule has 1 heterocycles. The van der Waals surface area contributed by atoms with E-state index in [1.807, 2.05) is 31.2 Å². The highest BCUT2D eigenvalue weighted by Gasteiger charge is 2.39. The van der Waals surface area contributed by atoms with Crippen LogP contribution < -0.4 is 10.6 Å². The molecule has 1 aromatic heterocycles. The van der Waals surface area contributed by atoms with Gasteiger partial charge in [0, 0.05) is 43.2 Å². The summed E-state index contributed by atoms with van der Waals surface area (Å²) in [6.45, 7) is 4.69. The number of halogens is 3. The minimum absolute atomic E-state index is 0.0315. The summed E-state index contributed by atoms with van der Waals surface area (Å²) in [7, 11) is 0. The number of fused-ring (bicyclic) bond motifs is 1. The van der Waals surface area contributed by atoms with Crippen LogP contribution in [-0.4, -0.2) is 29.7 Å². The standard InChI is InChI=1S/C22H26F3N3O/c1-14(28-15(2)29)11-26-12-16-10-18-4-3-5-20(21(18)27-13-16)17-6-8-19(9-7-17)22(23,24)25/h3-6,10,13-14,19,26H,7-9,11-12H2,1-2H3,(H,28,29)/t14-,19?/m1/s1. The molecule has 0 fully saturated rings. The Labute approximate surface area is 168 Å². The molecule has 0 saturated heterocycles. The molecule has 0 spiro atoms. The van der Waals surface area contributed by atoms with Crippen LogP contribution in [0.5, 0.6) is 0 Å². The fourth-order valence-electron chi connectivity index (χ4n) is 3.77. The summed E-state index contributed by atoms with van der Waals surface area (Å²) in [6, 6.07) is 7.90. The number of hydrogen-bond acceptors (Lipinski definition) is 3. The minimum Gasteiger partial charge on any atom is -0.353 e. The van der Waals surface area contributed by atoms with Crippen LogP contribution in [0.15, 0.2) is 36.5 Å². The van der Waals surface area contributed by atoms with Gasteiger partial charge in [0.25, 0.3) is 0 Å². The van der Waals surface area contributed by atoms with E-state index in [-0.39, 0.29) is 24.8 Å². The number of benzene rings is 1. The summed E-state index contributed by atoms with van der Waals surface area (Å²) in [6.07, 6.45) is -0.0433. The van der Waals surface area contributed by atoms with Gasteiger partial charge in [0.15, 0.2) is 0 Å². The smallest absolute Gasteiger partial charge is 0.353 e. The molecule has 2 N–H and O–H groups in total. The second-order valence-corrected chi connectivity index (χ2v) is 7.70. The van der Waals surface area contributed by atoms with E-state index in [2.05, 4.69) is 15.6 Å². The topological polar surface area (TPSA) is 54.0 Å². The molecule has 0 saturated carbocycles. The van der Waals surface area contributed by atoms with Crippen molar-refractivity contribution in [3.8, 4) is 0 Å². The molecule has 0 bridgehead atoms. The highest BCUT2D eigenvalue weighted by molar-refractivity contribution is 5.91. The van der Waals surface area contributed by atoms with Crippen LogP contribution in [0, 0.1) is 5.92 Å². The van der Waals surface area contributed by atoms with Crippen LogP contribution in [0.3, 0.4) is 0 Å². The molecular weight excluding hydrogens is 379 g/mol. The van der Waals surface area contributed by atoms with Crippen LogP contribution >= 0.6 is 0 Å². The Hall–Kier alpha value is -2.41. The van der Waals surface area contributed by atoms with E-state index in [0.29, 0.717) is 19.5 Å². The first-order chi connectivity index (χ1) is 13.7. The molecule has 1 amide bonds. The maximum Gasteiger partial charge on any atom is 0.392 e. The quantitative estimate of drug-likeness (QED) is 0.739. The first kappa shape index (κ1) is 21.3. The molecule has 0 radical (unpaired) electrons. The predicted molar refractivity (Wildman–Crippen MR) is 108 cm³/mol. The van der Waals surface area contributed by atoms with E-state index in [1.54, 1.807) is 12.3 Å². The van der Waals surface area contributed by atoms with E-state index >= 15 is 0 Å². The van der Waals surface area contributed by atoms with Gasteiger partial charge in [0.2, 0.25) is 5.91 Å². The zero-order valence-corrected chi connectivity index (χ0v) is 16.6. The van der Waals surface area contributed by atoms with Crippen LogP contribution in [0.4, 0.5) is 13.2 Å². The third-order valence-corrected chi connectivity index (χ3v) is 5.22. The van der Waals surface area contributed by atoms with Crippen LogP contribution in [0.25, 0.3) is 16.5 Å². The largest absolute Gasteiger partial charge is 0.392 e. The van der Waals surface area contributed by atoms with Crippen molar-refractivity contribution in [2.45, 2.75) is 51.9 Å². The molecule has 29 heavy (non-hydrogen) atoms. The summed E-state index contributed by atoms with van der Waals surface area (Å²) >= 11 is 0. The summed E-state index contributed by atoms with van der Waals surface area (Å²) < 4.78 is 38.7.